The van der Waals surface area contributed by atoms with E-state index in [9.17, 15) is 4.79 Å². The Morgan fingerprint density at radius 1 is 1.12 bits per heavy atom. The molecule has 4 heteroatoms. The molecule has 1 unspecified atom stereocenters. The van der Waals surface area contributed by atoms with Crippen molar-refractivity contribution in [3.63, 3.8) is 0 Å². The molecule has 0 bridgehead atoms. The van der Waals surface area contributed by atoms with Gasteiger partial charge in [0.05, 0.1) is 6.42 Å². The molecule has 26 heavy (non-hydrogen) atoms. The lowest BCUT2D eigenvalue weighted by Crippen LogP contribution is -2.27. The van der Waals surface area contributed by atoms with Gasteiger partial charge in [0.25, 0.3) is 0 Å². The van der Waals surface area contributed by atoms with Crippen molar-refractivity contribution in [1.29, 1.82) is 0 Å². The van der Waals surface area contributed by atoms with Gasteiger partial charge in [-0.2, -0.15) is 0 Å². The number of benzene rings is 2. The molecule has 0 amide bonds. The van der Waals surface area contributed by atoms with Crippen molar-refractivity contribution >= 4 is 16.9 Å². The molecule has 0 spiro atoms. The molecule has 3 aromatic rings. The maximum Gasteiger partial charge on any atom is 0.307 e. The normalized spacial score (nSPS) is 16.5. The van der Waals surface area contributed by atoms with Gasteiger partial charge in [-0.15, -0.1) is 0 Å². The van der Waals surface area contributed by atoms with Crippen molar-refractivity contribution in [2.75, 3.05) is 6.54 Å². The van der Waals surface area contributed by atoms with Crippen molar-refractivity contribution in [2.45, 2.75) is 38.1 Å². The van der Waals surface area contributed by atoms with Gasteiger partial charge < -0.3 is 15.4 Å². The lowest BCUT2D eigenvalue weighted by atomic mass is 9.91. The molecule has 4 nitrogen and oxygen atoms in total. The van der Waals surface area contributed by atoms with Gasteiger partial charge in [-0.1, -0.05) is 42.5 Å². The van der Waals surface area contributed by atoms with Crippen LogP contribution in [0.2, 0.25) is 0 Å². The summed E-state index contributed by atoms with van der Waals surface area (Å²) in [4.78, 5) is 14.4. The zero-order valence-electron chi connectivity index (χ0n) is 14.8. The molecule has 0 radical (unpaired) electrons. The number of carboxylic acids is 1. The topological polar surface area (TPSA) is 65.1 Å². The van der Waals surface area contributed by atoms with E-state index in [1.165, 1.54) is 34.1 Å². The quantitative estimate of drug-likeness (QED) is 0.631. The van der Waals surface area contributed by atoms with Crippen LogP contribution in [0.3, 0.4) is 0 Å². The van der Waals surface area contributed by atoms with Crippen LogP contribution in [0.1, 0.15) is 41.3 Å². The van der Waals surface area contributed by atoms with Crippen LogP contribution < -0.4 is 5.32 Å². The summed E-state index contributed by atoms with van der Waals surface area (Å²) in [6, 6.07) is 16.9. The Kier molecular flexibility index (Phi) is 4.76. The largest absolute Gasteiger partial charge is 0.481 e. The SMILES string of the molecule is O=C(O)Cc1ccc(CCNC2CCCc3c2[nH]c2ccccc32)cc1. The summed E-state index contributed by atoms with van der Waals surface area (Å²) in [5, 5.41) is 13.9. The van der Waals surface area contributed by atoms with Crippen LogP contribution in [0.5, 0.6) is 0 Å². The van der Waals surface area contributed by atoms with Gasteiger partial charge in [0.1, 0.15) is 0 Å². The fraction of sp³-hybridized carbons (Fsp3) is 0.318. The van der Waals surface area contributed by atoms with Crippen LogP contribution in [0.15, 0.2) is 48.5 Å². The van der Waals surface area contributed by atoms with Crippen LogP contribution in [0.25, 0.3) is 10.9 Å². The number of hydrogen-bond acceptors (Lipinski definition) is 2. The van der Waals surface area contributed by atoms with Gasteiger partial charge in [0, 0.05) is 22.6 Å². The Morgan fingerprint density at radius 2 is 1.88 bits per heavy atom. The predicted molar refractivity (Wildman–Crippen MR) is 103 cm³/mol. The van der Waals surface area contributed by atoms with Gasteiger partial charge in [0.2, 0.25) is 0 Å². The first kappa shape index (κ1) is 16.9. The van der Waals surface area contributed by atoms with Crippen LogP contribution in [0, 0.1) is 0 Å². The third kappa shape index (κ3) is 3.51. The van der Waals surface area contributed by atoms with Gasteiger partial charge in [-0.05, 0) is 55.0 Å². The highest BCUT2D eigenvalue weighted by Crippen LogP contribution is 2.34. The average molecular weight is 348 g/mol. The molecular formula is C22H24N2O2. The third-order valence-corrected chi connectivity index (χ3v) is 5.30. The van der Waals surface area contributed by atoms with E-state index >= 15 is 0 Å². The van der Waals surface area contributed by atoms with Crippen molar-refractivity contribution in [3.05, 3.63) is 70.9 Å². The first-order valence-electron chi connectivity index (χ1n) is 9.33. The minimum atomic E-state index is -0.786. The summed E-state index contributed by atoms with van der Waals surface area (Å²) in [5.41, 5.74) is 6.15. The number of para-hydroxylation sites is 1. The minimum absolute atomic E-state index is 0.0871. The Hall–Kier alpha value is -2.59. The molecule has 0 fully saturated rings. The smallest absolute Gasteiger partial charge is 0.307 e. The molecule has 1 atom stereocenters. The molecule has 1 aliphatic carbocycles. The summed E-state index contributed by atoms with van der Waals surface area (Å²) in [6.07, 6.45) is 4.57. The number of aryl methyl sites for hydroxylation is 1. The Balaban J connectivity index is 1.39. The van der Waals surface area contributed by atoms with Crippen molar-refractivity contribution < 1.29 is 9.90 Å². The zero-order valence-corrected chi connectivity index (χ0v) is 14.8. The molecule has 0 saturated carbocycles. The van der Waals surface area contributed by atoms with E-state index in [1.807, 2.05) is 24.3 Å². The molecule has 3 N–H and O–H groups in total. The predicted octanol–water partition coefficient (Wildman–Crippen LogP) is 4.00. The van der Waals surface area contributed by atoms with Gasteiger partial charge in [0.15, 0.2) is 0 Å². The minimum Gasteiger partial charge on any atom is -0.481 e. The van der Waals surface area contributed by atoms with Crippen LogP contribution in [-0.2, 0) is 24.1 Å². The van der Waals surface area contributed by atoms with Gasteiger partial charge in [-0.3, -0.25) is 4.79 Å². The van der Waals surface area contributed by atoms with Crippen LogP contribution >= 0.6 is 0 Å². The van der Waals surface area contributed by atoms with E-state index < -0.39 is 5.97 Å². The maximum atomic E-state index is 10.8. The summed E-state index contributed by atoms with van der Waals surface area (Å²) in [7, 11) is 0. The Bertz CT molecular complexity index is 912. The van der Waals surface area contributed by atoms with Crippen LogP contribution in [0.4, 0.5) is 0 Å². The molecule has 1 aliphatic rings. The maximum absolute atomic E-state index is 10.8. The monoisotopic (exact) mass is 348 g/mol. The second-order valence-corrected chi connectivity index (χ2v) is 7.10. The number of fused-ring (bicyclic) bond motifs is 3. The third-order valence-electron chi connectivity index (χ3n) is 5.30. The zero-order chi connectivity index (χ0) is 17.9. The van der Waals surface area contributed by atoms with E-state index in [-0.39, 0.29) is 6.42 Å². The van der Waals surface area contributed by atoms with Crippen LogP contribution in [-0.4, -0.2) is 22.6 Å². The molecule has 0 saturated heterocycles. The number of carbonyl (C=O) groups is 1. The first-order chi connectivity index (χ1) is 12.7. The number of nitrogens with one attached hydrogen (secondary N) is 2. The molecule has 1 aromatic heterocycles. The summed E-state index contributed by atoms with van der Waals surface area (Å²) >= 11 is 0. The number of rotatable bonds is 6. The standard InChI is InChI=1S/C22H24N2O2/c25-21(26)14-16-10-8-15(9-11-16)12-13-23-20-7-3-5-18-17-4-1-2-6-19(17)24-22(18)20/h1-2,4,6,8-11,20,23-24H,3,5,7,12-14H2,(H,25,26). The lowest BCUT2D eigenvalue weighted by Gasteiger charge is -2.24. The highest BCUT2D eigenvalue weighted by Gasteiger charge is 2.23. The van der Waals surface area contributed by atoms with Gasteiger partial charge in [-0.25, -0.2) is 0 Å². The summed E-state index contributed by atoms with van der Waals surface area (Å²) < 4.78 is 0. The van der Waals surface area contributed by atoms with E-state index in [2.05, 4.69) is 34.6 Å². The molecule has 0 aliphatic heterocycles. The van der Waals surface area contributed by atoms with Gasteiger partial charge >= 0.3 is 5.97 Å². The van der Waals surface area contributed by atoms with Crippen molar-refractivity contribution in [3.8, 4) is 0 Å². The number of aliphatic carboxylic acids is 1. The molecular weight excluding hydrogens is 324 g/mol. The Morgan fingerprint density at radius 3 is 2.69 bits per heavy atom. The fourth-order valence-corrected chi connectivity index (χ4v) is 4.01. The Labute approximate surface area is 153 Å². The second-order valence-electron chi connectivity index (χ2n) is 7.10. The molecule has 1 heterocycles. The lowest BCUT2D eigenvalue weighted by molar-refractivity contribution is -0.136. The van der Waals surface area contributed by atoms with E-state index in [1.54, 1.807) is 0 Å². The number of aromatic amines is 1. The van der Waals surface area contributed by atoms with E-state index in [0.717, 1.165) is 31.4 Å². The number of hydrogen-bond donors (Lipinski definition) is 3. The molecule has 4 rings (SSSR count). The number of H-pyrrole nitrogens is 1. The summed E-state index contributed by atoms with van der Waals surface area (Å²) in [6.45, 7) is 0.914. The fourth-order valence-electron chi connectivity index (χ4n) is 4.01. The average Bonchev–Trinajstić information content (AvgIpc) is 3.02. The van der Waals surface area contributed by atoms with Crippen molar-refractivity contribution in [1.82, 2.24) is 10.3 Å². The molecule has 134 valence electrons. The number of carboxylic acid groups (broad SMARTS) is 1. The number of aromatic nitrogens is 1. The van der Waals surface area contributed by atoms with E-state index in [4.69, 9.17) is 5.11 Å². The first-order valence-corrected chi connectivity index (χ1v) is 9.33. The highest BCUT2D eigenvalue weighted by atomic mass is 16.4. The van der Waals surface area contributed by atoms with E-state index in [0.29, 0.717) is 6.04 Å². The second kappa shape index (κ2) is 7.34. The molecule has 2 aromatic carbocycles. The highest BCUT2D eigenvalue weighted by molar-refractivity contribution is 5.85. The van der Waals surface area contributed by atoms with Crippen molar-refractivity contribution in [2.24, 2.45) is 0 Å². The summed E-state index contributed by atoms with van der Waals surface area (Å²) in [5.74, 6) is -0.786.